The summed E-state index contributed by atoms with van der Waals surface area (Å²) >= 11 is 1.14. The number of thiazole rings is 1. The van der Waals surface area contributed by atoms with E-state index in [4.69, 9.17) is 9.57 Å². The van der Waals surface area contributed by atoms with E-state index in [9.17, 15) is 18.0 Å². The quantitative estimate of drug-likeness (QED) is 0.250. The van der Waals surface area contributed by atoms with Gasteiger partial charge in [0.1, 0.15) is 18.4 Å². The summed E-state index contributed by atoms with van der Waals surface area (Å²) in [5.41, 5.74) is -0.954. The molecule has 0 bridgehead atoms. The Hall–Kier alpha value is -3.78. The average molecular weight is 591 g/mol. The number of benzene rings is 1. The number of rotatable bonds is 12. The smallest absolute Gasteiger partial charge is 0.261 e. The molecule has 0 radical (unpaired) electrons. The number of ether oxygens (including phenoxy) is 1. The average Bonchev–Trinajstić information content (AvgIpc) is 3.59. The second-order valence-corrected chi connectivity index (χ2v) is 12.7. The molecule has 3 rings (SSSR count). The Morgan fingerprint density at radius 3 is 2.52 bits per heavy atom. The van der Waals surface area contributed by atoms with Gasteiger partial charge in [-0.15, -0.1) is 11.3 Å². The van der Waals surface area contributed by atoms with Gasteiger partial charge in [-0.3, -0.25) is 23.9 Å². The number of anilines is 1. The molecule has 2 aromatic heterocycles. The van der Waals surface area contributed by atoms with Crippen LogP contribution < -0.4 is 14.4 Å². The van der Waals surface area contributed by atoms with Crippen molar-refractivity contribution in [3.63, 3.8) is 0 Å². The molecule has 2 heterocycles. The number of carbonyl (C=O) groups is 2. The van der Waals surface area contributed by atoms with Gasteiger partial charge in [-0.2, -0.15) is 5.10 Å². The van der Waals surface area contributed by atoms with Crippen molar-refractivity contribution in [3.8, 4) is 5.75 Å². The van der Waals surface area contributed by atoms with E-state index in [1.165, 1.54) is 42.4 Å². The van der Waals surface area contributed by atoms with Crippen LogP contribution in [0.15, 0.2) is 53.4 Å². The molecule has 12 nitrogen and oxygen atoms in total. The summed E-state index contributed by atoms with van der Waals surface area (Å²) in [5.74, 6) is -0.991. The molecule has 0 aliphatic heterocycles. The largest absolute Gasteiger partial charge is 0.496 e. The number of aromatic nitrogens is 3. The minimum absolute atomic E-state index is 0.0381. The van der Waals surface area contributed by atoms with Gasteiger partial charge in [-0.05, 0) is 42.0 Å². The van der Waals surface area contributed by atoms with Gasteiger partial charge in [0.15, 0.2) is 5.13 Å². The predicted octanol–water partition coefficient (Wildman–Crippen LogP) is 3.22. The topological polar surface area (TPSA) is 145 Å². The maximum atomic E-state index is 14.4. The first-order valence-electron chi connectivity index (χ1n) is 12.3. The second-order valence-electron chi connectivity index (χ2n) is 10.1. The Labute approximate surface area is 238 Å². The van der Waals surface area contributed by atoms with E-state index in [1.807, 2.05) is 26.8 Å². The monoisotopic (exact) mass is 590 g/mol. The number of sulfonamides is 1. The van der Waals surface area contributed by atoms with Gasteiger partial charge in [0.2, 0.25) is 10.0 Å². The van der Waals surface area contributed by atoms with Crippen molar-refractivity contribution in [2.24, 2.45) is 5.16 Å². The molecule has 0 fully saturated rings. The zero-order chi connectivity index (χ0) is 29.6. The van der Waals surface area contributed by atoms with Crippen LogP contribution >= 0.6 is 11.3 Å². The van der Waals surface area contributed by atoms with Gasteiger partial charge in [-0.1, -0.05) is 32.0 Å². The highest BCUT2D eigenvalue weighted by Gasteiger charge is 2.50. The maximum absolute atomic E-state index is 14.4. The fraction of sp³-hybridized carbons (Fsp3) is 0.423. The van der Waals surface area contributed by atoms with E-state index < -0.39 is 27.4 Å². The molecule has 1 unspecified atom stereocenters. The standard InChI is InChI=1S/C26H34N6O6S2/c1-25(2,3)20-10-9-19(17-21(20)37-4)22(33)32(24-27-14-16-39-24)26(11-7-13-29-38-5,18-31-15-8-12-28-31)23(34)30-40(6,35)36/h8-10,12-17H,7,11,18H2,1-6H3,(H,30,34)/b29-13+. The molecule has 0 aliphatic carbocycles. The third-order valence-corrected chi connectivity index (χ3v) is 7.36. The molecule has 40 heavy (non-hydrogen) atoms. The molecule has 1 aromatic carbocycles. The van der Waals surface area contributed by atoms with E-state index in [-0.39, 0.29) is 35.5 Å². The number of hydrogen-bond acceptors (Lipinski definition) is 10. The molecule has 2 amide bonds. The van der Waals surface area contributed by atoms with E-state index >= 15 is 0 Å². The lowest BCUT2D eigenvalue weighted by molar-refractivity contribution is -0.125. The van der Waals surface area contributed by atoms with Crippen LogP contribution in [0.25, 0.3) is 0 Å². The van der Waals surface area contributed by atoms with Gasteiger partial charge >= 0.3 is 0 Å². The zero-order valence-electron chi connectivity index (χ0n) is 23.3. The summed E-state index contributed by atoms with van der Waals surface area (Å²) in [6.07, 6.45) is 7.09. The highest BCUT2D eigenvalue weighted by atomic mass is 32.2. The van der Waals surface area contributed by atoms with Crippen LogP contribution in [0.5, 0.6) is 5.75 Å². The molecule has 1 atom stereocenters. The molecule has 0 aliphatic rings. The van der Waals surface area contributed by atoms with E-state index in [2.05, 4.69) is 20.0 Å². The van der Waals surface area contributed by atoms with Gasteiger partial charge < -0.3 is 9.57 Å². The maximum Gasteiger partial charge on any atom is 0.261 e. The van der Waals surface area contributed by atoms with Crippen molar-refractivity contribution < 1.29 is 27.6 Å². The summed E-state index contributed by atoms with van der Waals surface area (Å²) < 4.78 is 33.8. The SMILES string of the molecule is CO/N=C/CCC(Cn1cccn1)(C(=O)NS(C)(=O)=O)N(C(=O)c1ccc(C(C)(C)C)c(OC)c1)c1nccs1. The molecule has 0 saturated heterocycles. The number of oxime groups is 1. The third kappa shape index (κ3) is 7.24. The number of nitrogens with one attached hydrogen (secondary N) is 1. The summed E-state index contributed by atoms with van der Waals surface area (Å²) in [6.45, 7) is 5.91. The molecule has 14 heteroatoms. The van der Waals surface area contributed by atoms with Crippen molar-refractivity contribution in [2.45, 2.75) is 51.1 Å². The molecule has 3 aromatic rings. The first-order chi connectivity index (χ1) is 18.8. The lowest BCUT2D eigenvalue weighted by Crippen LogP contribution is -2.64. The summed E-state index contributed by atoms with van der Waals surface area (Å²) in [7, 11) is -1.11. The predicted molar refractivity (Wildman–Crippen MR) is 153 cm³/mol. The fourth-order valence-electron chi connectivity index (χ4n) is 4.27. The van der Waals surface area contributed by atoms with Crippen LogP contribution in [-0.4, -0.2) is 67.2 Å². The molecule has 0 saturated carbocycles. The summed E-state index contributed by atoms with van der Waals surface area (Å²) in [4.78, 5) is 38.8. The minimum Gasteiger partial charge on any atom is -0.496 e. The third-order valence-electron chi connectivity index (χ3n) is 6.05. The lowest BCUT2D eigenvalue weighted by atomic mass is 9.85. The Morgan fingerprint density at radius 1 is 1.23 bits per heavy atom. The molecule has 216 valence electrons. The second kappa shape index (κ2) is 12.6. The molecule has 1 N–H and O–H groups in total. The van der Waals surface area contributed by atoms with Crippen LogP contribution in [0, 0.1) is 0 Å². The van der Waals surface area contributed by atoms with E-state index in [0.717, 1.165) is 23.2 Å². The van der Waals surface area contributed by atoms with Crippen LogP contribution in [0.1, 0.15) is 49.5 Å². The zero-order valence-corrected chi connectivity index (χ0v) is 25.0. The van der Waals surface area contributed by atoms with Crippen molar-refractivity contribution in [1.82, 2.24) is 19.5 Å². The molecule has 0 spiro atoms. The minimum atomic E-state index is -4.01. The molecular weight excluding hydrogens is 556 g/mol. The van der Waals surface area contributed by atoms with E-state index in [0.29, 0.717) is 5.75 Å². The van der Waals surface area contributed by atoms with E-state index in [1.54, 1.807) is 29.8 Å². The number of amides is 2. The van der Waals surface area contributed by atoms with Crippen LogP contribution in [-0.2, 0) is 31.6 Å². The Kier molecular flexibility index (Phi) is 9.69. The number of hydrogen-bond donors (Lipinski definition) is 1. The van der Waals surface area contributed by atoms with Crippen molar-refractivity contribution >= 4 is 44.5 Å². The highest BCUT2D eigenvalue weighted by Crippen LogP contribution is 2.36. The van der Waals surface area contributed by atoms with Crippen molar-refractivity contribution in [3.05, 3.63) is 59.4 Å². The van der Waals surface area contributed by atoms with Gasteiger partial charge in [0.05, 0.1) is 19.9 Å². The first kappa shape index (κ1) is 30.8. The van der Waals surface area contributed by atoms with Gasteiger partial charge in [0, 0.05) is 35.7 Å². The summed E-state index contributed by atoms with van der Waals surface area (Å²) in [6, 6.07) is 6.74. The first-order valence-corrected chi connectivity index (χ1v) is 15.1. The van der Waals surface area contributed by atoms with Crippen molar-refractivity contribution in [1.29, 1.82) is 0 Å². The normalized spacial score (nSPS) is 13.6. The van der Waals surface area contributed by atoms with Crippen molar-refractivity contribution in [2.75, 3.05) is 25.4 Å². The van der Waals surface area contributed by atoms with Crippen LogP contribution in [0.4, 0.5) is 5.13 Å². The highest BCUT2D eigenvalue weighted by molar-refractivity contribution is 7.89. The fourth-order valence-corrected chi connectivity index (χ4v) is 5.52. The number of carbonyl (C=O) groups excluding carboxylic acids is 2. The Morgan fingerprint density at radius 2 is 1.98 bits per heavy atom. The number of methoxy groups -OCH3 is 1. The number of nitrogens with zero attached hydrogens (tertiary/aromatic N) is 5. The Bertz CT molecular complexity index is 1430. The summed E-state index contributed by atoms with van der Waals surface area (Å²) in [5, 5.41) is 9.86. The lowest BCUT2D eigenvalue weighted by Gasteiger charge is -2.41. The molecular formula is C26H34N6O6S2. The van der Waals surface area contributed by atoms with Crippen LogP contribution in [0.2, 0.25) is 0 Å². The van der Waals surface area contributed by atoms with Gasteiger partial charge in [-0.25, -0.2) is 13.4 Å². The van der Waals surface area contributed by atoms with Crippen LogP contribution in [0.3, 0.4) is 0 Å². The van der Waals surface area contributed by atoms with Gasteiger partial charge in [0.25, 0.3) is 11.8 Å². The Balaban J connectivity index is 2.28.